The Hall–Kier alpha value is -2.81. The number of hydrogen-bond acceptors (Lipinski definition) is 7. The van der Waals surface area contributed by atoms with E-state index in [1.807, 2.05) is 20.0 Å². The summed E-state index contributed by atoms with van der Waals surface area (Å²) in [5, 5.41) is 3.45. The predicted octanol–water partition coefficient (Wildman–Crippen LogP) is 1.37. The zero-order valence-electron chi connectivity index (χ0n) is 16.5. The molecule has 1 atom stereocenters. The number of anilines is 2. The summed E-state index contributed by atoms with van der Waals surface area (Å²) in [5.74, 6) is 2.11. The predicted molar refractivity (Wildman–Crippen MR) is 111 cm³/mol. The van der Waals surface area contributed by atoms with Crippen molar-refractivity contribution >= 4 is 29.3 Å². The van der Waals surface area contributed by atoms with Crippen LogP contribution in [-0.2, 0) is 6.54 Å². The Morgan fingerprint density at radius 2 is 2.18 bits per heavy atom. The highest BCUT2D eigenvalue weighted by molar-refractivity contribution is 6.30. The molecule has 28 heavy (non-hydrogen) atoms. The van der Waals surface area contributed by atoms with Gasteiger partial charge in [-0.05, 0) is 13.8 Å². The minimum atomic E-state index is 0.0380. The zero-order chi connectivity index (χ0) is 20.4. The van der Waals surface area contributed by atoms with Gasteiger partial charge in [0.25, 0.3) is 0 Å². The van der Waals surface area contributed by atoms with Crippen LogP contribution >= 0.6 is 11.6 Å². The van der Waals surface area contributed by atoms with E-state index < -0.39 is 0 Å². The van der Waals surface area contributed by atoms with E-state index in [2.05, 4.69) is 30.2 Å². The van der Waals surface area contributed by atoms with Crippen LogP contribution in [0.15, 0.2) is 11.2 Å². The minimum absolute atomic E-state index is 0.0380. The number of fused-ring (bicyclic) bond motifs is 1. The number of ether oxygens (including phenoxy) is 1. The maximum atomic E-state index is 6.40. The van der Waals surface area contributed by atoms with Gasteiger partial charge in [-0.1, -0.05) is 11.6 Å². The van der Waals surface area contributed by atoms with Crippen molar-refractivity contribution in [2.75, 3.05) is 37.9 Å². The number of nitrogens with two attached hydrogens (primary N) is 2. The van der Waals surface area contributed by atoms with E-state index in [9.17, 15) is 0 Å². The van der Waals surface area contributed by atoms with Crippen molar-refractivity contribution in [2.45, 2.75) is 26.3 Å². The first kappa shape index (κ1) is 19.9. The first-order valence-corrected chi connectivity index (χ1v) is 9.26. The number of aliphatic imine (C=N–C) groups is 1. The summed E-state index contributed by atoms with van der Waals surface area (Å²) in [5.41, 5.74) is 15.4. The van der Waals surface area contributed by atoms with Crippen LogP contribution in [-0.4, -0.2) is 48.2 Å². The third-order valence-corrected chi connectivity index (χ3v) is 5.19. The SMILES string of the molecule is CN=C(N)NCC1CN(Cc2ncc(C)c(OC)c2C)c2nc(N)nc(Cl)c21. The molecule has 0 fully saturated rings. The van der Waals surface area contributed by atoms with Crippen LogP contribution in [0.3, 0.4) is 0 Å². The van der Waals surface area contributed by atoms with Crippen LogP contribution in [0.4, 0.5) is 11.8 Å². The monoisotopic (exact) mass is 404 g/mol. The number of nitrogen functional groups attached to an aromatic ring is 1. The number of rotatable bonds is 5. The summed E-state index contributed by atoms with van der Waals surface area (Å²) in [6.45, 7) is 5.76. The Labute approximate surface area is 169 Å². The van der Waals surface area contributed by atoms with E-state index in [-0.39, 0.29) is 11.9 Å². The summed E-state index contributed by atoms with van der Waals surface area (Å²) >= 11 is 6.40. The zero-order valence-corrected chi connectivity index (χ0v) is 17.2. The van der Waals surface area contributed by atoms with E-state index in [0.29, 0.717) is 30.7 Å². The summed E-state index contributed by atoms with van der Waals surface area (Å²) in [7, 11) is 3.30. The molecule has 3 rings (SSSR count). The van der Waals surface area contributed by atoms with Gasteiger partial charge in [0.1, 0.15) is 16.7 Å². The smallest absolute Gasteiger partial charge is 0.223 e. The lowest BCUT2D eigenvalue weighted by Gasteiger charge is -2.21. The van der Waals surface area contributed by atoms with E-state index >= 15 is 0 Å². The van der Waals surface area contributed by atoms with Gasteiger partial charge in [-0.3, -0.25) is 9.98 Å². The molecule has 9 nitrogen and oxygen atoms in total. The Morgan fingerprint density at radius 1 is 1.43 bits per heavy atom. The van der Waals surface area contributed by atoms with Crippen molar-refractivity contribution in [3.63, 3.8) is 0 Å². The molecule has 0 saturated carbocycles. The second-order valence-corrected chi connectivity index (χ2v) is 7.08. The van der Waals surface area contributed by atoms with Crippen molar-refractivity contribution in [3.8, 4) is 5.75 Å². The molecule has 2 aromatic heterocycles. The fourth-order valence-corrected chi connectivity index (χ4v) is 3.83. The van der Waals surface area contributed by atoms with Crippen LogP contribution in [0.25, 0.3) is 0 Å². The van der Waals surface area contributed by atoms with Gasteiger partial charge in [0.05, 0.1) is 19.3 Å². The van der Waals surface area contributed by atoms with E-state index in [0.717, 1.165) is 34.0 Å². The summed E-state index contributed by atoms with van der Waals surface area (Å²) in [6, 6.07) is 0. The van der Waals surface area contributed by atoms with Gasteiger partial charge in [0, 0.05) is 48.9 Å². The topological polar surface area (TPSA) is 128 Å². The number of guanidine groups is 1. The molecule has 0 bridgehead atoms. The number of hydrogen-bond donors (Lipinski definition) is 3. The number of halogens is 1. The third kappa shape index (κ3) is 3.75. The molecule has 5 N–H and O–H groups in total. The van der Waals surface area contributed by atoms with E-state index in [1.165, 1.54) is 0 Å². The maximum Gasteiger partial charge on any atom is 0.223 e. The molecule has 0 spiro atoms. The van der Waals surface area contributed by atoms with Gasteiger partial charge < -0.3 is 26.4 Å². The maximum absolute atomic E-state index is 6.40. The number of pyridine rings is 1. The van der Waals surface area contributed by atoms with Gasteiger partial charge >= 0.3 is 0 Å². The Morgan fingerprint density at radius 3 is 2.86 bits per heavy atom. The van der Waals surface area contributed by atoms with Gasteiger partial charge in [0.2, 0.25) is 5.95 Å². The quantitative estimate of drug-likeness (QED) is 0.387. The van der Waals surface area contributed by atoms with E-state index in [1.54, 1.807) is 14.2 Å². The lowest BCUT2D eigenvalue weighted by Crippen LogP contribution is -2.36. The van der Waals surface area contributed by atoms with Crippen molar-refractivity contribution in [3.05, 3.63) is 33.7 Å². The first-order valence-electron chi connectivity index (χ1n) is 8.88. The molecule has 3 heterocycles. The Kier molecular flexibility index (Phi) is 5.73. The fraction of sp³-hybridized carbons (Fsp3) is 0.444. The van der Waals surface area contributed by atoms with Gasteiger partial charge in [-0.2, -0.15) is 4.98 Å². The van der Waals surface area contributed by atoms with Crippen LogP contribution in [0.1, 0.15) is 28.3 Å². The molecule has 0 saturated heterocycles. The normalized spacial score (nSPS) is 16.2. The van der Waals surface area contributed by atoms with Crippen LogP contribution in [0, 0.1) is 13.8 Å². The molecule has 0 aromatic carbocycles. The second kappa shape index (κ2) is 8.05. The number of nitrogens with one attached hydrogen (secondary N) is 1. The standard InChI is InChI=1S/C18H25ClN8O/c1-9-5-23-12(10(2)14(9)28-4)8-27-7-11(6-24-17(20)22-3)13-15(19)25-18(21)26-16(13)27/h5,11H,6-8H2,1-4H3,(H3,20,22,24)(H2,21,25,26). The van der Waals surface area contributed by atoms with Gasteiger partial charge in [0.15, 0.2) is 5.96 Å². The molecule has 0 aliphatic carbocycles. The van der Waals surface area contributed by atoms with E-state index in [4.69, 9.17) is 27.8 Å². The molecular formula is C18H25ClN8O. The Bertz CT molecular complexity index is 917. The van der Waals surface area contributed by atoms with Gasteiger partial charge in [-0.25, -0.2) is 4.98 Å². The minimum Gasteiger partial charge on any atom is -0.496 e. The van der Waals surface area contributed by atoms with Crippen molar-refractivity contribution < 1.29 is 4.74 Å². The molecule has 0 radical (unpaired) electrons. The number of nitrogens with zero attached hydrogens (tertiary/aromatic N) is 5. The average molecular weight is 405 g/mol. The summed E-state index contributed by atoms with van der Waals surface area (Å²) < 4.78 is 5.52. The third-order valence-electron chi connectivity index (χ3n) is 4.91. The average Bonchev–Trinajstić information content (AvgIpc) is 3.00. The Balaban J connectivity index is 1.93. The van der Waals surface area contributed by atoms with Crippen molar-refractivity contribution in [2.24, 2.45) is 10.7 Å². The highest BCUT2D eigenvalue weighted by Gasteiger charge is 2.34. The lowest BCUT2D eigenvalue weighted by molar-refractivity contribution is 0.406. The lowest BCUT2D eigenvalue weighted by atomic mass is 10.1. The molecule has 150 valence electrons. The molecule has 0 amide bonds. The van der Waals surface area contributed by atoms with Crippen molar-refractivity contribution in [1.29, 1.82) is 0 Å². The molecule has 10 heteroatoms. The highest BCUT2D eigenvalue weighted by atomic mass is 35.5. The number of aryl methyl sites for hydroxylation is 1. The van der Waals surface area contributed by atoms with Crippen LogP contribution in [0.2, 0.25) is 5.15 Å². The largest absolute Gasteiger partial charge is 0.496 e. The van der Waals surface area contributed by atoms with Gasteiger partial charge in [-0.15, -0.1) is 0 Å². The van der Waals surface area contributed by atoms with Crippen molar-refractivity contribution in [1.82, 2.24) is 20.3 Å². The van der Waals surface area contributed by atoms with Crippen LogP contribution < -0.4 is 26.4 Å². The second-order valence-electron chi connectivity index (χ2n) is 6.72. The molecule has 1 aliphatic heterocycles. The first-order chi connectivity index (χ1) is 13.3. The van der Waals surface area contributed by atoms with Crippen LogP contribution in [0.5, 0.6) is 5.75 Å². The molecule has 1 unspecified atom stereocenters. The summed E-state index contributed by atoms with van der Waals surface area (Å²) in [4.78, 5) is 19.2. The fourth-order valence-electron chi connectivity index (χ4n) is 3.51. The highest BCUT2D eigenvalue weighted by Crippen LogP contribution is 2.40. The molecular weight excluding hydrogens is 380 g/mol. The number of methoxy groups -OCH3 is 1. The summed E-state index contributed by atoms with van der Waals surface area (Å²) in [6.07, 6.45) is 1.82. The molecule has 2 aromatic rings. The molecule has 1 aliphatic rings. The number of aromatic nitrogens is 3.